The van der Waals surface area contributed by atoms with Gasteiger partial charge in [-0.2, -0.15) is 36.3 Å². The fourth-order valence-corrected chi connectivity index (χ4v) is 6.05. The molecule has 1 aliphatic heterocycles. The van der Waals surface area contributed by atoms with Gasteiger partial charge in [-0.3, -0.25) is 9.88 Å². The second kappa shape index (κ2) is 13.9. The van der Waals surface area contributed by atoms with Gasteiger partial charge in [0.1, 0.15) is 5.60 Å². The number of fused-ring (bicyclic) bond motifs is 1. The first kappa shape index (κ1) is 37.1. The lowest BCUT2D eigenvalue weighted by Gasteiger charge is -2.47. The van der Waals surface area contributed by atoms with Gasteiger partial charge in [0.25, 0.3) is 0 Å². The van der Waals surface area contributed by atoms with Crippen molar-refractivity contribution in [3.05, 3.63) is 76.6 Å². The van der Waals surface area contributed by atoms with Gasteiger partial charge in [-0.15, -0.1) is 0 Å². The molecule has 0 spiro atoms. The topological polar surface area (TPSA) is 92.5 Å². The maximum atomic E-state index is 13.4. The number of anilines is 1. The number of aromatic nitrogens is 5. The lowest BCUT2D eigenvalue weighted by atomic mass is 9.95. The van der Waals surface area contributed by atoms with Crippen LogP contribution in [-0.2, 0) is 23.6 Å². The van der Waals surface area contributed by atoms with Crippen LogP contribution >= 0.6 is 11.6 Å². The highest BCUT2D eigenvalue weighted by Crippen LogP contribution is 2.38. The van der Waals surface area contributed by atoms with E-state index in [9.17, 15) is 31.1 Å². The van der Waals surface area contributed by atoms with E-state index in [-0.39, 0.29) is 23.1 Å². The zero-order valence-corrected chi connectivity index (χ0v) is 29.0. The number of likely N-dealkylation sites (N-methyl/N-ethyl adjacent to an activating group) is 1. The summed E-state index contributed by atoms with van der Waals surface area (Å²) < 4.78 is 87.5. The Labute approximate surface area is 290 Å². The van der Waals surface area contributed by atoms with Crippen LogP contribution in [0.1, 0.15) is 63.0 Å². The van der Waals surface area contributed by atoms with Crippen LogP contribution in [0, 0.1) is 0 Å². The third-order valence-electron chi connectivity index (χ3n) is 8.39. The summed E-state index contributed by atoms with van der Waals surface area (Å²) in [7, 11) is 1.63. The summed E-state index contributed by atoms with van der Waals surface area (Å²) in [6.07, 6.45) is -7.31. The van der Waals surface area contributed by atoms with Crippen LogP contribution in [0.25, 0.3) is 11.2 Å². The van der Waals surface area contributed by atoms with Crippen LogP contribution in [0.5, 0.6) is 0 Å². The smallest absolute Gasteiger partial charge is 0.417 e. The standard InChI is InChI=1S/C33H37ClF6N8O2/c1-19-17-48(28-25-27(43-29(34)44-28)46(18-42-25)14-13-45(6)30(49)50-31(3,4)5)20(2)16-47(19)26(21-7-9-22(10-8-21)32(35,36)37)24-12-11-23(15-41-24)33(38,39)40/h7-12,15,18-20,26H,13-14,16-17H2,1-6H3/t19-,20+,26?/m1/s1. The second-order valence-electron chi connectivity index (χ2n) is 13.4. The number of imidazole rings is 1. The van der Waals surface area contributed by atoms with Crippen LogP contribution in [-0.4, -0.2) is 84.8 Å². The maximum absolute atomic E-state index is 13.4. The first-order chi connectivity index (χ1) is 23.2. The van der Waals surface area contributed by atoms with Gasteiger partial charge in [0.05, 0.1) is 29.2 Å². The monoisotopic (exact) mass is 726 g/mol. The van der Waals surface area contributed by atoms with Crippen molar-refractivity contribution in [2.24, 2.45) is 0 Å². The summed E-state index contributed by atoms with van der Waals surface area (Å²) in [4.78, 5) is 35.5. The van der Waals surface area contributed by atoms with Gasteiger partial charge in [0.2, 0.25) is 5.28 Å². The molecule has 0 N–H and O–H groups in total. The Morgan fingerprint density at radius 3 is 2.16 bits per heavy atom. The van der Waals surface area contributed by atoms with E-state index in [1.165, 1.54) is 23.1 Å². The number of carbonyl (C=O) groups is 1. The third-order valence-corrected chi connectivity index (χ3v) is 8.55. The minimum Gasteiger partial charge on any atom is -0.444 e. The molecule has 4 heterocycles. The molecule has 1 unspecified atom stereocenters. The van der Waals surface area contributed by atoms with Crippen molar-refractivity contribution in [3.8, 4) is 0 Å². The SMILES string of the molecule is C[C@@H]1CN(c2nc(Cl)nc3c2ncn3CCN(C)C(=O)OC(C)(C)C)[C@@H](C)CN1C(c1ccc(C(F)(F)F)cc1)c1ccc(C(F)(F)F)cn1. The van der Waals surface area contributed by atoms with Gasteiger partial charge in [-0.25, -0.2) is 9.78 Å². The first-order valence-corrected chi connectivity index (χ1v) is 16.2. The van der Waals surface area contributed by atoms with Crippen molar-refractivity contribution in [2.45, 2.75) is 77.2 Å². The fraction of sp³-hybridized carbons (Fsp3) is 0.485. The minimum atomic E-state index is -4.60. The molecular weight excluding hydrogens is 690 g/mol. The molecule has 1 fully saturated rings. The number of hydrogen-bond acceptors (Lipinski definition) is 8. The summed E-state index contributed by atoms with van der Waals surface area (Å²) in [5.41, 5.74) is -0.784. The Hall–Kier alpha value is -4.18. The molecule has 0 bridgehead atoms. The van der Waals surface area contributed by atoms with Gasteiger partial charge in [-0.1, -0.05) is 12.1 Å². The largest absolute Gasteiger partial charge is 0.444 e. The number of carbonyl (C=O) groups excluding carboxylic acids is 1. The van der Waals surface area contributed by atoms with Gasteiger partial charge in [0, 0.05) is 51.5 Å². The number of piperazine rings is 1. The van der Waals surface area contributed by atoms with Crippen LogP contribution < -0.4 is 4.90 Å². The third kappa shape index (κ3) is 8.23. The molecule has 1 aromatic carbocycles. The summed E-state index contributed by atoms with van der Waals surface area (Å²) in [5.74, 6) is 0.469. The van der Waals surface area contributed by atoms with Crippen molar-refractivity contribution in [1.82, 2.24) is 34.3 Å². The van der Waals surface area contributed by atoms with Crippen LogP contribution in [0.15, 0.2) is 48.9 Å². The number of rotatable bonds is 7. The van der Waals surface area contributed by atoms with Crippen molar-refractivity contribution in [3.63, 3.8) is 0 Å². The number of nitrogens with zero attached hydrogens (tertiary/aromatic N) is 8. The molecule has 0 saturated carbocycles. The quantitative estimate of drug-likeness (QED) is 0.143. The van der Waals surface area contributed by atoms with Gasteiger partial charge in [0.15, 0.2) is 17.0 Å². The average Bonchev–Trinajstić information content (AvgIpc) is 3.42. The van der Waals surface area contributed by atoms with E-state index in [1.807, 2.05) is 23.6 Å². The molecule has 1 amide bonds. The number of ether oxygens (including phenoxy) is 1. The van der Waals surface area contributed by atoms with E-state index in [4.69, 9.17) is 16.3 Å². The zero-order valence-electron chi connectivity index (χ0n) is 28.2. The summed E-state index contributed by atoms with van der Waals surface area (Å²) in [5, 5.41) is -0.0198. The van der Waals surface area contributed by atoms with E-state index in [1.54, 1.807) is 38.7 Å². The van der Waals surface area contributed by atoms with Gasteiger partial charge >= 0.3 is 18.4 Å². The molecule has 0 radical (unpaired) electrons. The molecule has 3 aromatic heterocycles. The Morgan fingerprint density at radius 1 is 0.940 bits per heavy atom. The molecule has 5 rings (SSSR count). The second-order valence-corrected chi connectivity index (χ2v) is 13.7. The van der Waals surface area contributed by atoms with Crippen LogP contribution in [0.2, 0.25) is 5.28 Å². The van der Waals surface area contributed by atoms with E-state index in [0.29, 0.717) is 48.7 Å². The molecule has 3 atom stereocenters. The van der Waals surface area contributed by atoms with E-state index < -0.39 is 41.2 Å². The number of benzene rings is 1. The van der Waals surface area contributed by atoms with Crippen molar-refractivity contribution in [1.29, 1.82) is 0 Å². The minimum absolute atomic E-state index is 0.0198. The molecule has 1 saturated heterocycles. The van der Waals surface area contributed by atoms with Crippen LogP contribution in [0.3, 0.4) is 0 Å². The molecule has 0 aliphatic carbocycles. The summed E-state index contributed by atoms with van der Waals surface area (Å²) in [6, 6.07) is 5.44. The van der Waals surface area contributed by atoms with Gasteiger partial charge in [-0.05, 0) is 76.0 Å². The number of pyridine rings is 1. The molecule has 4 aromatic rings. The van der Waals surface area contributed by atoms with Crippen LogP contribution in [0.4, 0.5) is 37.0 Å². The lowest BCUT2D eigenvalue weighted by Crippen LogP contribution is -2.57. The lowest BCUT2D eigenvalue weighted by molar-refractivity contribution is -0.138. The highest BCUT2D eigenvalue weighted by molar-refractivity contribution is 6.28. The predicted octanol–water partition coefficient (Wildman–Crippen LogP) is 7.47. The number of amides is 1. The molecule has 17 heteroatoms. The Balaban J connectivity index is 1.43. The fourth-order valence-electron chi connectivity index (χ4n) is 5.89. The summed E-state index contributed by atoms with van der Waals surface area (Å²) >= 11 is 6.42. The Morgan fingerprint density at radius 2 is 1.58 bits per heavy atom. The molecule has 1 aliphatic rings. The van der Waals surface area contributed by atoms with E-state index >= 15 is 0 Å². The predicted molar refractivity (Wildman–Crippen MR) is 175 cm³/mol. The van der Waals surface area contributed by atoms with Crippen molar-refractivity contribution in [2.75, 3.05) is 31.6 Å². The number of hydrogen-bond donors (Lipinski definition) is 0. The van der Waals surface area contributed by atoms with Crippen molar-refractivity contribution >= 4 is 34.7 Å². The van der Waals surface area contributed by atoms with Crippen molar-refractivity contribution < 1.29 is 35.9 Å². The molecule has 270 valence electrons. The molecule has 50 heavy (non-hydrogen) atoms. The summed E-state index contributed by atoms with van der Waals surface area (Å²) in [6.45, 7) is 10.5. The number of halogens is 7. The first-order valence-electron chi connectivity index (χ1n) is 15.8. The Bertz CT molecular complexity index is 1750. The normalized spacial score (nSPS) is 18.4. The Kier molecular flexibility index (Phi) is 10.3. The molecular formula is C33H37ClF6N8O2. The van der Waals surface area contributed by atoms with E-state index in [0.717, 1.165) is 24.4 Å². The zero-order chi connectivity index (χ0) is 36.8. The number of alkyl halides is 6. The highest BCUT2D eigenvalue weighted by atomic mass is 35.5. The average molecular weight is 727 g/mol. The maximum Gasteiger partial charge on any atom is 0.417 e. The van der Waals surface area contributed by atoms with Gasteiger partial charge < -0.3 is 19.1 Å². The highest BCUT2D eigenvalue weighted by Gasteiger charge is 2.39. The molecule has 10 nitrogen and oxygen atoms in total. The van der Waals surface area contributed by atoms with E-state index in [2.05, 4.69) is 19.9 Å².